The van der Waals surface area contributed by atoms with Crippen molar-refractivity contribution in [2.45, 2.75) is 26.3 Å². The molecule has 0 aromatic heterocycles. The third-order valence-corrected chi connectivity index (χ3v) is 2.39. The van der Waals surface area contributed by atoms with Crippen molar-refractivity contribution in [2.24, 2.45) is 0 Å². The van der Waals surface area contributed by atoms with Gasteiger partial charge in [0.1, 0.15) is 0 Å². The summed E-state index contributed by atoms with van der Waals surface area (Å²) >= 11 is 0. The molecule has 0 spiro atoms. The number of nitrogens with one attached hydrogen (secondary N) is 1. The van der Waals surface area contributed by atoms with Crippen LogP contribution in [-0.2, 0) is 9.47 Å². The molecule has 0 saturated carbocycles. The van der Waals surface area contributed by atoms with Gasteiger partial charge in [-0.05, 0) is 37.6 Å². The van der Waals surface area contributed by atoms with Gasteiger partial charge in [0.25, 0.3) is 0 Å². The molecule has 0 saturated heterocycles. The Morgan fingerprint density at radius 2 is 2.00 bits per heavy atom. The lowest BCUT2D eigenvalue weighted by atomic mass is 10.2. The lowest BCUT2D eigenvalue weighted by molar-refractivity contribution is 0.0505. The lowest BCUT2D eigenvalue weighted by Crippen LogP contribution is -2.20. The molecule has 4 heteroatoms. The van der Waals surface area contributed by atoms with E-state index >= 15 is 0 Å². The molecule has 0 aliphatic heterocycles. The smallest absolute Gasteiger partial charge is 0.338 e. The average molecular weight is 251 g/mol. The molecule has 1 N–H and O–H groups in total. The number of methoxy groups -OCH3 is 1. The minimum atomic E-state index is -0.270. The fraction of sp³-hybridized carbons (Fsp3) is 0.500. The van der Waals surface area contributed by atoms with Gasteiger partial charge in [0.15, 0.2) is 0 Å². The first-order valence-corrected chi connectivity index (χ1v) is 6.20. The Kier molecular flexibility index (Phi) is 6.22. The van der Waals surface area contributed by atoms with Crippen molar-refractivity contribution in [1.29, 1.82) is 0 Å². The standard InChI is InChI=1S/C14H21NO3/c1-4-9-18-14(16)12-5-7-13(8-6-12)15-11(2)10-17-3/h5-8,11,15H,4,9-10H2,1-3H3. The number of anilines is 1. The van der Waals surface area contributed by atoms with E-state index in [0.717, 1.165) is 12.1 Å². The van der Waals surface area contributed by atoms with Gasteiger partial charge in [-0.1, -0.05) is 6.92 Å². The molecule has 1 aromatic rings. The van der Waals surface area contributed by atoms with Crippen molar-refractivity contribution in [2.75, 3.05) is 25.6 Å². The maximum Gasteiger partial charge on any atom is 0.338 e. The predicted octanol–water partition coefficient (Wildman–Crippen LogP) is 2.70. The van der Waals surface area contributed by atoms with Gasteiger partial charge in [0.05, 0.1) is 18.8 Å². The van der Waals surface area contributed by atoms with Crippen LogP contribution in [0, 0.1) is 0 Å². The number of rotatable bonds is 7. The molecule has 0 aliphatic carbocycles. The maximum atomic E-state index is 11.6. The van der Waals surface area contributed by atoms with Crippen molar-refractivity contribution >= 4 is 11.7 Å². The summed E-state index contributed by atoms with van der Waals surface area (Å²) in [6, 6.07) is 7.50. The molecule has 4 nitrogen and oxygen atoms in total. The number of carbonyl (C=O) groups excluding carboxylic acids is 1. The number of hydrogen-bond acceptors (Lipinski definition) is 4. The minimum Gasteiger partial charge on any atom is -0.462 e. The van der Waals surface area contributed by atoms with Crippen molar-refractivity contribution in [3.63, 3.8) is 0 Å². The van der Waals surface area contributed by atoms with Crippen LogP contribution in [0.5, 0.6) is 0 Å². The highest BCUT2D eigenvalue weighted by atomic mass is 16.5. The number of benzene rings is 1. The molecular weight excluding hydrogens is 230 g/mol. The zero-order valence-corrected chi connectivity index (χ0v) is 11.2. The molecule has 1 atom stereocenters. The van der Waals surface area contributed by atoms with Gasteiger partial charge >= 0.3 is 5.97 Å². The van der Waals surface area contributed by atoms with Crippen molar-refractivity contribution in [3.8, 4) is 0 Å². The molecule has 0 radical (unpaired) electrons. The lowest BCUT2D eigenvalue weighted by Gasteiger charge is -2.14. The van der Waals surface area contributed by atoms with Gasteiger partial charge in [-0.2, -0.15) is 0 Å². The Labute approximate surface area is 108 Å². The average Bonchev–Trinajstić information content (AvgIpc) is 2.37. The summed E-state index contributed by atoms with van der Waals surface area (Å²) in [5.74, 6) is -0.270. The second-order valence-electron chi connectivity index (χ2n) is 4.21. The van der Waals surface area contributed by atoms with Gasteiger partial charge in [-0.15, -0.1) is 0 Å². The first-order chi connectivity index (χ1) is 8.67. The van der Waals surface area contributed by atoms with Crippen LogP contribution in [0.4, 0.5) is 5.69 Å². The third-order valence-electron chi connectivity index (χ3n) is 2.39. The second kappa shape index (κ2) is 7.71. The van der Waals surface area contributed by atoms with Crippen LogP contribution in [0.25, 0.3) is 0 Å². The Bertz CT molecular complexity index is 362. The molecule has 1 rings (SSSR count). The Morgan fingerprint density at radius 3 is 2.56 bits per heavy atom. The zero-order chi connectivity index (χ0) is 13.4. The van der Waals surface area contributed by atoms with Gasteiger partial charge in [0, 0.05) is 18.8 Å². The normalized spacial score (nSPS) is 11.9. The summed E-state index contributed by atoms with van der Waals surface area (Å²) in [4.78, 5) is 11.6. The number of ether oxygens (including phenoxy) is 2. The highest BCUT2D eigenvalue weighted by Crippen LogP contribution is 2.12. The van der Waals surface area contributed by atoms with Crippen molar-refractivity contribution < 1.29 is 14.3 Å². The molecule has 0 bridgehead atoms. The summed E-state index contributed by atoms with van der Waals surface area (Å²) in [5.41, 5.74) is 1.54. The molecule has 0 fully saturated rings. The molecular formula is C14H21NO3. The quantitative estimate of drug-likeness (QED) is 0.757. The predicted molar refractivity (Wildman–Crippen MR) is 72.0 cm³/mol. The highest BCUT2D eigenvalue weighted by Gasteiger charge is 2.07. The van der Waals surface area contributed by atoms with Crippen LogP contribution < -0.4 is 5.32 Å². The van der Waals surface area contributed by atoms with Crippen LogP contribution >= 0.6 is 0 Å². The zero-order valence-electron chi connectivity index (χ0n) is 11.2. The fourth-order valence-corrected chi connectivity index (χ4v) is 1.56. The van der Waals surface area contributed by atoms with Crippen LogP contribution in [0.1, 0.15) is 30.6 Å². The Morgan fingerprint density at radius 1 is 1.33 bits per heavy atom. The van der Waals surface area contributed by atoms with E-state index in [1.165, 1.54) is 0 Å². The van der Waals surface area contributed by atoms with E-state index in [4.69, 9.17) is 9.47 Å². The summed E-state index contributed by atoms with van der Waals surface area (Å²) < 4.78 is 10.1. The van der Waals surface area contributed by atoms with Crippen molar-refractivity contribution in [3.05, 3.63) is 29.8 Å². The molecule has 1 unspecified atom stereocenters. The summed E-state index contributed by atoms with van der Waals surface area (Å²) in [6.45, 7) is 5.11. The fourth-order valence-electron chi connectivity index (χ4n) is 1.56. The van der Waals surface area contributed by atoms with Crippen LogP contribution in [0.15, 0.2) is 24.3 Å². The largest absolute Gasteiger partial charge is 0.462 e. The highest BCUT2D eigenvalue weighted by molar-refractivity contribution is 5.89. The summed E-state index contributed by atoms with van der Waals surface area (Å²) in [5, 5.41) is 3.27. The first kappa shape index (κ1) is 14.5. The van der Waals surface area contributed by atoms with Crippen molar-refractivity contribution in [1.82, 2.24) is 0 Å². The van der Waals surface area contributed by atoms with Crippen LogP contribution in [0.2, 0.25) is 0 Å². The molecule has 1 aromatic carbocycles. The van der Waals surface area contributed by atoms with E-state index in [9.17, 15) is 4.79 Å². The number of esters is 1. The Balaban J connectivity index is 2.54. The Hall–Kier alpha value is -1.55. The first-order valence-electron chi connectivity index (χ1n) is 6.20. The maximum absolute atomic E-state index is 11.6. The van der Waals surface area contributed by atoms with Crippen LogP contribution in [0.3, 0.4) is 0 Å². The molecule has 0 aliphatic rings. The van der Waals surface area contributed by atoms with E-state index in [-0.39, 0.29) is 12.0 Å². The monoisotopic (exact) mass is 251 g/mol. The minimum absolute atomic E-state index is 0.230. The van der Waals surface area contributed by atoms with E-state index in [1.807, 2.05) is 26.0 Å². The SMILES string of the molecule is CCCOC(=O)c1ccc(NC(C)COC)cc1. The second-order valence-corrected chi connectivity index (χ2v) is 4.21. The van der Waals surface area contributed by atoms with E-state index in [1.54, 1.807) is 19.2 Å². The molecule has 18 heavy (non-hydrogen) atoms. The van der Waals surface area contributed by atoms with Gasteiger partial charge in [-0.3, -0.25) is 0 Å². The molecule has 100 valence electrons. The van der Waals surface area contributed by atoms with Gasteiger partial charge in [-0.25, -0.2) is 4.79 Å². The van der Waals surface area contributed by atoms with E-state index in [2.05, 4.69) is 5.32 Å². The number of carbonyl (C=O) groups is 1. The van der Waals surface area contributed by atoms with E-state index < -0.39 is 0 Å². The van der Waals surface area contributed by atoms with E-state index in [0.29, 0.717) is 18.8 Å². The summed E-state index contributed by atoms with van der Waals surface area (Å²) in [6.07, 6.45) is 0.833. The summed E-state index contributed by atoms with van der Waals surface area (Å²) in [7, 11) is 1.67. The number of hydrogen-bond donors (Lipinski definition) is 1. The molecule has 0 heterocycles. The van der Waals surface area contributed by atoms with Gasteiger partial charge in [0.2, 0.25) is 0 Å². The van der Waals surface area contributed by atoms with Crippen LogP contribution in [-0.4, -0.2) is 32.3 Å². The topological polar surface area (TPSA) is 47.6 Å². The molecule has 0 amide bonds. The van der Waals surface area contributed by atoms with Gasteiger partial charge < -0.3 is 14.8 Å². The third kappa shape index (κ3) is 4.75.